The minimum atomic E-state index is -0.674. The van der Waals surface area contributed by atoms with E-state index in [0.717, 1.165) is 0 Å². The predicted molar refractivity (Wildman–Crippen MR) is 90.9 cm³/mol. The van der Waals surface area contributed by atoms with E-state index in [1.54, 1.807) is 0 Å². The molecule has 3 N–H and O–H groups in total. The summed E-state index contributed by atoms with van der Waals surface area (Å²) in [6, 6.07) is 18.9. The molecule has 0 fully saturated rings. The fourth-order valence-corrected chi connectivity index (χ4v) is 2.75. The van der Waals surface area contributed by atoms with Gasteiger partial charge >= 0.3 is 0 Å². The number of nitrogens with one attached hydrogen (secondary N) is 1. The Balaban J connectivity index is 2.08. The van der Waals surface area contributed by atoms with E-state index in [4.69, 9.17) is 0 Å². The molecule has 0 amide bonds. The molecular weight excluding hydrogens is 274 g/mol. The molecular formula is C19H21NO2. The van der Waals surface area contributed by atoms with E-state index in [1.807, 2.05) is 19.1 Å². The van der Waals surface area contributed by atoms with E-state index >= 15 is 0 Å². The molecule has 0 saturated heterocycles. The lowest BCUT2D eigenvalue weighted by Crippen LogP contribution is -2.48. The molecule has 3 aromatic rings. The first-order chi connectivity index (χ1) is 10.7. The van der Waals surface area contributed by atoms with Crippen molar-refractivity contribution in [3.05, 3.63) is 60.2 Å². The van der Waals surface area contributed by atoms with Crippen LogP contribution in [0.1, 0.15) is 12.5 Å². The highest BCUT2D eigenvalue weighted by Crippen LogP contribution is 2.28. The standard InChI is InChI=1S/C19H21NO2/c1-19(12-21,13-22)20-11-16-7-4-6-15-10-9-14-5-2-3-8-17(14)18(15)16/h2-10,20-22H,11-13H2,1H3. The van der Waals surface area contributed by atoms with Gasteiger partial charge in [0.15, 0.2) is 0 Å². The number of aliphatic hydroxyl groups excluding tert-OH is 2. The van der Waals surface area contributed by atoms with Gasteiger partial charge in [-0.2, -0.15) is 0 Å². The Morgan fingerprint density at radius 3 is 2.32 bits per heavy atom. The van der Waals surface area contributed by atoms with Gasteiger partial charge < -0.3 is 15.5 Å². The summed E-state index contributed by atoms with van der Waals surface area (Å²) in [5, 5.41) is 27.0. The van der Waals surface area contributed by atoms with Gasteiger partial charge in [-0.3, -0.25) is 0 Å². The highest BCUT2D eigenvalue weighted by Gasteiger charge is 2.21. The highest BCUT2D eigenvalue weighted by atomic mass is 16.3. The van der Waals surface area contributed by atoms with Gasteiger partial charge in [-0.1, -0.05) is 54.6 Å². The fraction of sp³-hybridized carbons (Fsp3) is 0.263. The second-order valence-corrected chi connectivity index (χ2v) is 6.03. The SMILES string of the molecule is CC(CO)(CO)NCc1cccc2ccc3ccccc3c12. The van der Waals surface area contributed by atoms with E-state index in [2.05, 4.69) is 47.8 Å². The molecule has 0 aromatic heterocycles. The molecule has 3 heteroatoms. The second-order valence-electron chi connectivity index (χ2n) is 6.03. The van der Waals surface area contributed by atoms with Gasteiger partial charge in [0.25, 0.3) is 0 Å². The van der Waals surface area contributed by atoms with E-state index in [9.17, 15) is 10.2 Å². The molecule has 0 unspecified atom stereocenters. The maximum Gasteiger partial charge on any atom is 0.0633 e. The average Bonchev–Trinajstić information content (AvgIpc) is 2.59. The summed E-state index contributed by atoms with van der Waals surface area (Å²) >= 11 is 0. The molecule has 0 radical (unpaired) electrons. The Morgan fingerprint density at radius 2 is 1.55 bits per heavy atom. The number of rotatable bonds is 5. The van der Waals surface area contributed by atoms with Crippen molar-refractivity contribution in [3.8, 4) is 0 Å². The molecule has 0 bridgehead atoms. The van der Waals surface area contributed by atoms with Crippen LogP contribution in [0.2, 0.25) is 0 Å². The fourth-order valence-electron chi connectivity index (χ4n) is 2.75. The lowest BCUT2D eigenvalue weighted by molar-refractivity contribution is 0.103. The van der Waals surface area contributed by atoms with Crippen molar-refractivity contribution >= 4 is 21.5 Å². The van der Waals surface area contributed by atoms with Crippen molar-refractivity contribution in [2.75, 3.05) is 13.2 Å². The zero-order chi connectivity index (χ0) is 15.6. The molecule has 3 rings (SSSR count). The second kappa shape index (κ2) is 6.05. The van der Waals surface area contributed by atoms with Crippen molar-refractivity contribution in [2.45, 2.75) is 19.0 Å². The molecule has 114 valence electrons. The van der Waals surface area contributed by atoms with Crippen LogP contribution in [0.5, 0.6) is 0 Å². The van der Waals surface area contributed by atoms with Gasteiger partial charge in [-0.25, -0.2) is 0 Å². The largest absolute Gasteiger partial charge is 0.394 e. The maximum absolute atomic E-state index is 9.43. The molecule has 22 heavy (non-hydrogen) atoms. The first-order valence-corrected chi connectivity index (χ1v) is 7.53. The van der Waals surface area contributed by atoms with Gasteiger partial charge in [-0.05, 0) is 34.0 Å². The molecule has 0 atom stereocenters. The lowest BCUT2D eigenvalue weighted by Gasteiger charge is -2.26. The van der Waals surface area contributed by atoms with Crippen LogP contribution in [-0.2, 0) is 6.54 Å². The molecule has 3 nitrogen and oxygen atoms in total. The molecule has 0 aliphatic rings. The number of hydrogen-bond acceptors (Lipinski definition) is 3. The summed E-state index contributed by atoms with van der Waals surface area (Å²) < 4.78 is 0. The van der Waals surface area contributed by atoms with Gasteiger partial charge in [-0.15, -0.1) is 0 Å². The summed E-state index contributed by atoms with van der Waals surface area (Å²) in [5.41, 5.74) is 0.495. The van der Waals surface area contributed by atoms with Crippen LogP contribution in [0.4, 0.5) is 0 Å². The Kier molecular flexibility index (Phi) is 4.12. The quantitative estimate of drug-likeness (QED) is 0.634. The minimum absolute atomic E-state index is 0.102. The highest BCUT2D eigenvalue weighted by molar-refractivity contribution is 6.09. The minimum Gasteiger partial charge on any atom is -0.394 e. The summed E-state index contributed by atoms with van der Waals surface area (Å²) in [4.78, 5) is 0. The third-order valence-electron chi connectivity index (χ3n) is 4.26. The van der Waals surface area contributed by atoms with Crippen molar-refractivity contribution < 1.29 is 10.2 Å². The molecule has 0 spiro atoms. The first kappa shape index (κ1) is 15.0. The summed E-state index contributed by atoms with van der Waals surface area (Å²) in [7, 11) is 0. The van der Waals surface area contributed by atoms with Crippen LogP contribution in [0.15, 0.2) is 54.6 Å². The van der Waals surface area contributed by atoms with Crippen LogP contribution in [0.25, 0.3) is 21.5 Å². The number of fused-ring (bicyclic) bond motifs is 3. The normalized spacial score (nSPS) is 12.1. The smallest absolute Gasteiger partial charge is 0.0633 e. The average molecular weight is 295 g/mol. The van der Waals surface area contributed by atoms with Crippen LogP contribution in [0.3, 0.4) is 0 Å². The van der Waals surface area contributed by atoms with Crippen molar-refractivity contribution in [1.82, 2.24) is 5.32 Å². The predicted octanol–water partition coefficient (Wildman–Crippen LogP) is 2.83. The first-order valence-electron chi connectivity index (χ1n) is 7.53. The maximum atomic E-state index is 9.43. The van der Waals surface area contributed by atoms with Crippen LogP contribution >= 0.6 is 0 Å². The Hall–Kier alpha value is -1.94. The number of hydrogen-bond donors (Lipinski definition) is 3. The number of aliphatic hydroxyl groups is 2. The van der Waals surface area contributed by atoms with Crippen LogP contribution in [-0.4, -0.2) is 29.0 Å². The third kappa shape index (κ3) is 2.71. The van der Waals surface area contributed by atoms with Gasteiger partial charge in [0.05, 0.1) is 18.8 Å². The van der Waals surface area contributed by atoms with E-state index in [-0.39, 0.29) is 13.2 Å². The van der Waals surface area contributed by atoms with Crippen LogP contribution < -0.4 is 5.32 Å². The van der Waals surface area contributed by atoms with Gasteiger partial charge in [0, 0.05) is 6.54 Å². The van der Waals surface area contributed by atoms with Crippen molar-refractivity contribution in [3.63, 3.8) is 0 Å². The number of benzene rings is 3. The van der Waals surface area contributed by atoms with E-state index in [0.29, 0.717) is 6.54 Å². The molecule has 3 aromatic carbocycles. The summed E-state index contributed by atoms with van der Waals surface area (Å²) in [6.07, 6.45) is 0. The zero-order valence-corrected chi connectivity index (χ0v) is 12.7. The van der Waals surface area contributed by atoms with E-state index < -0.39 is 5.54 Å². The summed E-state index contributed by atoms with van der Waals surface area (Å²) in [5.74, 6) is 0. The topological polar surface area (TPSA) is 52.5 Å². The molecule has 0 heterocycles. The van der Waals surface area contributed by atoms with Crippen LogP contribution in [0, 0.1) is 0 Å². The molecule has 0 saturated carbocycles. The van der Waals surface area contributed by atoms with Crippen molar-refractivity contribution in [2.24, 2.45) is 0 Å². The Morgan fingerprint density at radius 1 is 0.864 bits per heavy atom. The molecule has 0 aliphatic carbocycles. The third-order valence-corrected chi connectivity index (χ3v) is 4.26. The lowest BCUT2D eigenvalue weighted by atomic mass is 9.97. The zero-order valence-electron chi connectivity index (χ0n) is 12.7. The molecule has 0 aliphatic heterocycles. The summed E-state index contributed by atoms with van der Waals surface area (Å²) in [6.45, 7) is 2.21. The van der Waals surface area contributed by atoms with Gasteiger partial charge in [0.2, 0.25) is 0 Å². The Bertz CT molecular complexity index is 794. The van der Waals surface area contributed by atoms with Crippen molar-refractivity contribution in [1.29, 1.82) is 0 Å². The van der Waals surface area contributed by atoms with Gasteiger partial charge in [0.1, 0.15) is 0 Å². The van der Waals surface area contributed by atoms with E-state index in [1.165, 1.54) is 27.1 Å². The Labute approximate surface area is 130 Å². The monoisotopic (exact) mass is 295 g/mol.